The molecule has 0 radical (unpaired) electrons. The highest BCUT2D eigenvalue weighted by molar-refractivity contribution is 8.00. The molecule has 3 rings (SSSR count). The Morgan fingerprint density at radius 2 is 1.93 bits per heavy atom. The van der Waals surface area contributed by atoms with Crippen molar-refractivity contribution < 1.29 is 27.8 Å². The van der Waals surface area contributed by atoms with E-state index in [1.165, 1.54) is 17.8 Å². The highest BCUT2D eigenvalue weighted by Gasteiger charge is 2.19. The Bertz CT molecular complexity index is 819. The average molecular weight is 409 g/mol. The van der Waals surface area contributed by atoms with Gasteiger partial charge in [-0.15, -0.1) is 11.8 Å². The number of amides is 1. The summed E-state index contributed by atoms with van der Waals surface area (Å²) < 4.78 is 40.9. The monoisotopic (exact) mass is 409 g/mol. The number of thioether (sulfide) groups is 1. The fourth-order valence-electron chi connectivity index (χ4n) is 2.87. The molecule has 2 aromatic rings. The molecule has 0 aliphatic carbocycles. The van der Waals surface area contributed by atoms with Crippen molar-refractivity contribution in [3.8, 4) is 17.2 Å². The first-order chi connectivity index (χ1) is 13.6. The minimum Gasteiger partial charge on any atom is -0.486 e. The molecule has 0 bridgehead atoms. The van der Waals surface area contributed by atoms with Crippen molar-refractivity contribution in [2.24, 2.45) is 0 Å². The molecule has 1 heterocycles. The van der Waals surface area contributed by atoms with Gasteiger partial charge in [0.05, 0.1) is 11.8 Å². The zero-order valence-corrected chi connectivity index (χ0v) is 16.1. The Morgan fingerprint density at radius 1 is 1.18 bits per heavy atom. The number of benzene rings is 2. The lowest BCUT2D eigenvalue weighted by atomic mass is 10.0. The molecule has 8 heteroatoms. The summed E-state index contributed by atoms with van der Waals surface area (Å²) >= 11 is 1.37. The SMILES string of the molecule is CCC(NC(=O)CSc1ccc2c(c1)OCCO2)c1ccccc1OC(F)F. The molecule has 2 aromatic carbocycles. The van der Waals surface area contributed by atoms with Crippen LogP contribution in [0.25, 0.3) is 0 Å². The second kappa shape index (κ2) is 9.64. The van der Waals surface area contributed by atoms with E-state index in [9.17, 15) is 13.6 Å². The van der Waals surface area contributed by atoms with Crippen LogP contribution in [0.2, 0.25) is 0 Å². The lowest BCUT2D eigenvalue weighted by Gasteiger charge is -2.21. The van der Waals surface area contributed by atoms with E-state index in [1.54, 1.807) is 18.2 Å². The third kappa shape index (κ3) is 5.28. The van der Waals surface area contributed by atoms with Crippen molar-refractivity contribution >= 4 is 17.7 Å². The van der Waals surface area contributed by atoms with Gasteiger partial charge in [-0.2, -0.15) is 8.78 Å². The lowest BCUT2D eigenvalue weighted by molar-refractivity contribution is -0.119. The smallest absolute Gasteiger partial charge is 0.387 e. The molecular formula is C20H21F2NO4S. The zero-order chi connectivity index (χ0) is 19.9. The molecule has 0 fully saturated rings. The van der Waals surface area contributed by atoms with Crippen molar-refractivity contribution in [2.75, 3.05) is 19.0 Å². The largest absolute Gasteiger partial charge is 0.486 e. The number of carbonyl (C=O) groups is 1. The molecule has 1 aliphatic heterocycles. The number of hydrogen-bond acceptors (Lipinski definition) is 5. The first-order valence-electron chi connectivity index (χ1n) is 8.92. The summed E-state index contributed by atoms with van der Waals surface area (Å²) in [6, 6.07) is 11.6. The normalized spacial score (nSPS) is 13.9. The maximum absolute atomic E-state index is 12.6. The number of halogens is 2. The summed E-state index contributed by atoms with van der Waals surface area (Å²) in [7, 11) is 0. The standard InChI is InChI=1S/C20H21F2NO4S/c1-2-15(14-5-3-4-6-16(14)27-20(21)22)23-19(24)12-28-13-7-8-17-18(11-13)26-10-9-25-17/h3-8,11,15,20H,2,9-10,12H2,1H3,(H,23,24). The molecule has 0 saturated carbocycles. The van der Waals surface area contributed by atoms with Crippen LogP contribution in [-0.2, 0) is 4.79 Å². The van der Waals surface area contributed by atoms with Crippen molar-refractivity contribution in [3.63, 3.8) is 0 Å². The van der Waals surface area contributed by atoms with Gasteiger partial charge in [-0.25, -0.2) is 0 Å². The van der Waals surface area contributed by atoms with E-state index in [0.29, 0.717) is 36.7 Å². The Kier molecular flexibility index (Phi) is 6.97. The number of rotatable bonds is 8. The maximum Gasteiger partial charge on any atom is 0.387 e. The second-order valence-corrected chi connectivity index (χ2v) is 7.09. The Hall–Kier alpha value is -2.48. The van der Waals surface area contributed by atoms with Crippen LogP contribution in [0.1, 0.15) is 24.9 Å². The summed E-state index contributed by atoms with van der Waals surface area (Å²) in [5, 5.41) is 2.89. The third-order valence-corrected chi connectivity index (χ3v) is 5.13. The lowest BCUT2D eigenvalue weighted by Crippen LogP contribution is -2.30. The van der Waals surface area contributed by atoms with Crippen LogP contribution in [0, 0.1) is 0 Å². The van der Waals surface area contributed by atoms with Crippen LogP contribution in [0.3, 0.4) is 0 Å². The van der Waals surface area contributed by atoms with Crippen LogP contribution < -0.4 is 19.5 Å². The summed E-state index contributed by atoms with van der Waals surface area (Å²) in [6.07, 6.45) is 0.546. The molecule has 1 aliphatic rings. The van der Waals surface area contributed by atoms with E-state index in [1.807, 2.05) is 25.1 Å². The highest BCUT2D eigenvalue weighted by atomic mass is 32.2. The van der Waals surface area contributed by atoms with Crippen LogP contribution in [0.5, 0.6) is 17.2 Å². The fourth-order valence-corrected chi connectivity index (χ4v) is 3.61. The van der Waals surface area contributed by atoms with E-state index in [4.69, 9.17) is 9.47 Å². The molecule has 5 nitrogen and oxygen atoms in total. The summed E-state index contributed by atoms with van der Waals surface area (Å²) in [5.41, 5.74) is 0.531. The Morgan fingerprint density at radius 3 is 2.68 bits per heavy atom. The molecule has 1 amide bonds. The molecule has 1 unspecified atom stereocenters. The summed E-state index contributed by atoms with van der Waals surface area (Å²) in [6.45, 7) is -0.0187. The first-order valence-corrected chi connectivity index (χ1v) is 9.91. The van der Waals surface area contributed by atoms with Gasteiger partial charge < -0.3 is 19.5 Å². The minimum atomic E-state index is -2.92. The summed E-state index contributed by atoms with van der Waals surface area (Å²) in [5.74, 6) is 1.43. The van der Waals surface area contributed by atoms with Gasteiger partial charge in [0, 0.05) is 10.5 Å². The van der Waals surface area contributed by atoms with E-state index in [2.05, 4.69) is 10.1 Å². The topological polar surface area (TPSA) is 56.8 Å². The van der Waals surface area contributed by atoms with Crippen molar-refractivity contribution in [3.05, 3.63) is 48.0 Å². The van der Waals surface area contributed by atoms with E-state index in [-0.39, 0.29) is 17.4 Å². The molecule has 1 atom stereocenters. The van der Waals surface area contributed by atoms with E-state index < -0.39 is 12.7 Å². The molecular weight excluding hydrogens is 388 g/mol. The number of alkyl halides is 2. The average Bonchev–Trinajstić information content (AvgIpc) is 2.70. The van der Waals surface area contributed by atoms with Gasteiger partial charge in [0.1, 0.15) is 19.0 Å². The van der Waals surface area contributed by atoms with Gasteiger partial charge in [-0.05, 0) is 30.7 Å². The predicted octanol–water partition coefficient (Wildman–Crippen LogP) is 4.42. The molecule has 150 valence electrons. The van der Waals surface area contributed by atoms with Gasteiger partial charge >= 0.3 is 6.61 Å². The molecule has 1 N–H and O–H groups in total. The molecule has 0 saturated heterocycles. The Balaban J connectivity index is 1.60. The predicted molar refractivity (Wildman–Crippen MR) is 102 cm³/mol. The van der Waals surface area contributed by atoms with Crippen LogP contribution in [0.15, 0.2) is 47.4 Å². The van der Waals surface area contributed by atoms with Crippen molar-refractivity contribution in [1.29, 1.82) is 0 Å². The number of fused-ring (bicyclic) bond motifs is 1. The van der Waals surface area contributed by atoms with Crippen molar-refractivity contribution in [2.45, 2.75) is 30.9 Å². The zero-order valence-electron chi connectivity index (χ0n) is 15.3. The van der Waals surface area contributed by atoms with Crippen LogP contribution in [0.4, 0.5) is 8.78 Å². The van der Waals surface area contributed by atoms with Crippen molar-refractivity contribution in [1.82, 2.24) is 5.32 Å². The van der Waals surface area contributed by atoms with Crippen LogP contribution >= 0.6 is 11.8 Å². The minimum absolute atomic E-state index is 0.0733. The third-order valence-electron chi connectivity index (χ3n) is 4.14. The second-order valence-electron chi connectivity index (χ2n) is 6.04. The number of hydrogen-bond donors (Lipinski definition) is 1. The van der Waals surface area contributed by atoms with E-state index in [0.717, 1.165) is 4.90 Å². The van der Waals surface area contributed by atoms with Crippen LogP contribution in [-0.4, -0.2) is 31.5 Å². The fraction of sp³-hybridized carbons (Fsp3) is 0.350. The highest BCUT2D eigenvalue weighted by Crippen LogP contribution is 2.34. The number of para-hydroxylation sites is 1. The Labute approximate surface area is 166 Å². The van der Waals surface area contributed by atoms with Gasteiger partial charge in [0.25, 0.3) is 0 Å². The number of ether oxygens (including phenoxy) is 3. The number of nitrogens with one attached hydrogen (secondary N) is 1. The maximum atomic E-state index is 12.6. The number of carbonyl (C=O) groups excluding carboxylic acids is 1. The first kappa shape index (κ1) is 20.3. The van der Waals surface area contributed by atoms with Gasteiger partial charge in [-0.3, -0.25) is 4.79 Å². The van der Waals surface area contributed by atoms with Gasteiger partial charge in [-0.1, -0.05) is 25.1 Å². The van der Waals surface area contributed by atoms with E-state index >= 15 is 0 Å². The van der Waals surface area contributed by atoms with Gasteiger partial charge in [0.15, 0.2) is 11.5 Å². The van der Waals surface area contributed by atoms with Gasteiger partial charge in [0.2, 0.25) is 5.91 Å². The summed E-state index contributed by atoms with van der Waals surface area (Å²) in [4.78, 5) is 13.3. The molecule has 0 aromatic heterocycles. The molecule has 0 spiro atoms. The molecule has 28 heavy (non-hydrogen) atoms. The quantitative estimate of drug-likeness (QED) is 0.654.